The molecule has 1 fully saturated rings. The van der Waals surface area contributed by atoms with Crippen LogP contribution in [0.1, 0.15) is 18.2 Å². The van der Waals surface area contributed by atoms with Gasteiger partial charge in [0, 0.05) is 11.3 Å². The fourth-order valence-corrected chi connectivity index (χ4v) is 1.60. The first-order chi connectivity index (χ1) is 6.63. The zero-order valence-electron chi connectivity index (χ0n) is 8.03. The van der Waals surface area contributed by atoms with Gasteiger partial charge in [-0.25, -0.2) is 9.99 Å². The van der Waals surface area contributed by atoms with E-state index in [9.17, 15) is 0 Å². The van der Waals surface area contributed by atoms with E-state index in [-0.39, 0.29) is 5.95 Å². The maximum Gasteiger partial charge on any atom is 0.222 e. The van der Waals surface area contributed by atoms with E-state index >= 15 is 0 Å². The third-order valence-corrected chi connectivity index (χ3v) is 2.41. The molecule has 0 unspecified atom stereocenters. The highest BCUT2D eigenvalue weighted by molar-refractivity contribution is 7.81. The molecular weight excluding hydrogens is 198 g/mol. The van der Waals surface area contributed by atoms with Crippen LogP contribution in [0, 0.1) is 6.92 Å². The molecule has 3 N–H and O–H groups in total. The van der Waals surface area contributed by atoms with Crippen molar-refractivity contribution in [3.8, 4) is 0 Å². The van der Waals surface area contributed by atoms with Gasteiger partial charge < -0.3 is 5.73 Å². The zero-order valence-corrected chi connectivity index (χ0v) is 8.85. The van der Waals surface area contributed by atoms with Crippen LogP contribution < -0.4 is 16.2 Å². The molecule has 1 aromatic heterocycles. The zero-order chi connectivity index (χ0) is 10.3. The molecule has 2 heterocycles. The molecule has 0 radical (unpaired) electrons. The van der Waals surface area contributed by atoms with E-state index in [1.165, 1.54) is 0 Å². The van der Waals surface area contributed by atoms with Crippen molar-refractivity contribution in [2.75, 3.05) is 10.7 Å². The molecule has 0 saturated carbocycles. The van der Waals surface area contributed by atoms with Gasteiger partial charge >= 0.3 is 0 Å². The van der Waals surface area contributed by atoms with Crippen molar-refractivity contribution < 1.29 is 0 Å². The van der Waals surface area contributed by atoms with E-state index in [2.05, 4.69) is 22.3 Å². The predicted octanol–water partition coefficient (Wildman–Crippen LogP) is 0.539. The van der Waals surface area contributed by atoms with Crippen LogP contribution >= 0.6 is 12.2 Å². The van der Waals surface area contributed by atoms with Crippen LogP contribution in [0.3, 0.4) is 0 Å². The van der Waals surface area contributed by atoms with Crippen molar-refractivity contribution in [2.45, 2.75) is 20.3 Å². The standard InChI is InChI=1S/C8H11N5S/c1-3-5-4(2)10-7(9)11-6(5)13-8(14)12-13/h3H2,1-2H3,(H,12,14)(H2,9,10,11). The van der Waals surface area contributed by atoms with Crippen molar-refractivity contribution in [3.63, 3.8) is 0 Å². The summed E-state index contributed by atoms with van der Waals surface area (Å²) in [6, 6.07) is 0. The number of anilines is 2. The number of rotatable bonds is 2. The number of thiocarbonyl (C=S) groups is 1. The van der Waals surface area contributed by atoms with Crippen molar-refractivity contribution >= 4 is 29.1 Å². The van der Waals surface area contributed by atoms with Gasteiger partial charge in [-0.2, -0.15) is 4.98 Å². The van der Waals surface area contributed by atoms with Gasteiger partial charge in [0.05, 0.1) is 0 Å². The van der Waals surface area contributed by atoms with Crippen LogP contribution in [0.25, 0.3) is 0 Å². The van der Waals surface area contributed by atoms with Gasteiger partial charge in [-0.1, -0.05) is 6.92 Å². The van der Waals surface area contributed by atoms with Crippen molar-refractivity contribution in [3.05, 3.63) is 11.3 Å². The fraction of sp³-hybridized carbons (Fsp3) is 0.375. The summed E-state index contributed by atoms with van der Waals surface area (Å²) in [6.45, 7) is 3.98. The summed E-state index contributed by atoms with van der Waals surface area (Å²) >= 11 is 4.96. The van der Waals surface area contributed by atoms with E-state index in [0.717, 1.165) is 23.5 Å². The highest BCUT2D eigenvalue weighted by atomic mass is 32.1. The third kappa shape index (κ3) is 1.37. The van der Waals surface area contributed by atoms with Gasteiger partial charge in [0.2, 0.25) is 11.1 Å². The van der Waals surface area contributed by atoms with Crippen LogP contribution in [0.2, 0.25) is 0 Å². The highest BCUT2D eigenvalue weighted by Crippen LogP contribution is 2.24. The average Bonchev–Trinajstić information content (AvgIpc) is 2.81. The molecule has 1 aliphatic rings. The number of hydrazine groups is 1. The van der Waals surface area contributed by atoms with E-state index in [4.69, 9.17) is 18.0 Å². The van der Waals surface area contributed by atoms with E-state index in [1.807, 2.05) is 6.92 Å². The first kappa shape index (κ1) is 9.14. The van der Waals surface area contributed by atoms with Crippen LogP contribution in [0.5, 0.6) is 0 Å². The average molecular weight is 209 g/mol. The number of nitrogens with zero attached hydrogens (tertiary/aromatic N) is 3. The molecule has 1 aliphatic heterocycles. The van der Waals surface area contributed by atoms with Crippen LogP contribution in [0.15, 0.2) is 0 Å². The normalized spacial score (nSPS) is 14.1. The van der Waals surface area contributed by atoms with Crippen LogP contribution in [-0.4, -0.2) is 15.1 Å². The maximum atomic E-state index is 5.57. The molecular formula is C8H11N5S. The van der Waals surface area contributed by atoms with E-state index < -0.39 is 0 Å². The minimum absolute atomic E-state index is 0.284. The Morgan fingerprint density at radius 3 is 2.64 bits per heavy atom. The first-order valence-electron chi connectivity index (χ1n) is 4.37. The lowest BCUT2D eigenvalue weighted by molar-refractivity contribution is 0.985. The Bertz CT molecular complexity index is 403. The SMILES string of the molecule is CCc1c(C)nc(N)nc1N1NC1=S. The number of aryl methyl sites for hydroxylation is 1. The molecule has 0 amide bonds. The summed E-state index contributed by atoms with van der Waals surface area (Å²) in [5.41, 5.74) is 10.5. The van der Waals surface area contributed by atoms with Gasteiger partial charge in [0.15, 0.2) is 5.82 Å². The molecule has 5 nitrogen and oxygen atoms in total. The number of nitrogens with two attached hydrogens (primary N) is 1. The van der Waals surface area contributed by atoms with Gasteiger partial charge in [0.1, 0.15) is 0 Å². The summed E-state index contributed by atoms with van der Waals surface area (Å²) in [5.74, 6) is 1.06. The molecule has 1 saturated heterocycles. The lowest BCUT2D eigenvalue weighted by Gasteiger charge is -2.08. The quantitative estimate of drug-likeness (QED) is 0.547. The van der Waals surface area contributed by atoms with Crippen molar-refractivity contribution in [1.29, 1.82) is 0 Å². The van der Waals surface area contributed by atoms with E-state index in [0.29, 0.717) is 5.11 Å². The van der Waals surface area contributed by atoms with Crippen molar-refractivity contribution in [1.82, 2.24) is 15.4 Å². The Hall–Kier alpha value is -1.43. The minimum Gasteiger partial charge on any atom is -0.368 e. The second-order valence-electron chi connectivity index (χ2n) is 3.08. The molecule has 1 aromatic rings. The number of hydrogen-bond acceptors (Lipinski definition) is 4. The van der Waals surface area contributed by atoms with E-state index in [1.54, 1.807) is 5.01 Å². The van der Waals surface area contributed by atoms with Crippen molar-refractivity contribution in [2.24, 2.45) is 0 Å². The summed E-state index contributed by atoms with van der Waals surface area (Å²) in [4.78, 5) is 8.27. The van der Waals surface area contributed by atoms with Gasteiger partial charge in [-0.3, -0.25) is 5.43 Å². The summed E-state index contributed by atoms with van der Waals surface area (Å²) in [7, 11) is 0. The Kier molecular flexibility index (Phi) is 1.99. The predicted molar refractivity (Wildman–Crippen MR) is 58.8 cm³/mol. The first-order valence-corrected chi connectivity index (χ1v) is 4.78. The summed E-state index contributed by atoms with van der Waals surface area (Å²) in [6.07, 6.45) is 0.863. The molecule has 2 rings (SSSR count). The smallest absolute Gasteiger partial charge is 0.222 e. The number of nitrogens with one attached hydrogen (secondary N) is 1. The second kappa shape index (κ2) is 3.06. The van der Waals surface area contributed by atoms with Crippen LogP contribution in [0.4, 0.5) is 11.8 Å². The Labute approximate surface area is 87.3 Å². The molecule has 6 heteroatoms. The molecule has 0 bridgehead atoms. The molecule has 74 valence electrons. The number of aromatic nitrogens is 2. The topological polar surface area (TPSA) is 76.8 Å². The highest BCUT2D eigenvalue weighted by Gasteiger charge is 2.30. The van der Waals surface area contributed by atoms with Crippen LogP contribution in [-0.2, 0) is 6.42 Å². The number of nitrogen functional groups attached to an aromatic ring is 1. The fourth-order valence-electron chi connectivity index (χ4n) is 1.42. The molecule has 0 aliphatic carbocycles. The Morgan fingerprint density at radius 2 is 2.14 bits per heavy atom. The monoisotopic (exact) mass is 209 g/mol. The third-order valence-electron chi connectivity index (χ3n) is 2.14. The summed E-state index contributed by atoms with van der Waals surface area (Å²) in [5, 5.41) is 2.41. The van der Waals surface area contributed by atoms with Gasteiger partial charge in [0.25, 0.3) is 0 Å². The summed E-state index contributed by atoms with van der Waals surface area (Å²) < 4.78 is 0. The maximum absolute atomic E-state index is 5.57. The molecule has 0 spiro atoms. The van der Waals surface area contributed by atoms with Gasteiger partial charge in [-0.05, 0) is 25.6 Å². The molecule has 14 heavy (non-hydrogen) atoms. The Morgan fingerprint density at radius 1 is 1.50 bits per heavy atom. The minimum atomic E-state index is 0.284. The number of hydrogen-bond donors (Lipinski definition) is 2. The molecule has 0 atom stereocenters. The largest absolute Gasteiger partial charge is 0.368 e. The van der Waals surface area contributed by atoms with Gasteiger partial charge in [-0.15, -0.1) is 0 Å². The Balaban J connectivity index is 2.50. The molecule has 0 aromatic carbocycles. The second-order valence-corrected chi connectivity index (χ2v) is 3.46. The lowest BCUT2D eigenvalue weighted by atomic mass is 10.2. The lowest BCUT2D eigenvalue weighted by Crippen LogP contribution is -2.09.